The molecule has 0 radical (unpaired) electrons. The minimum atomic E-state index is 0.166. The highest BCUT2D eigenvalue weighted by atomic mass is 35.5. The number of aromatic nitrogens is 2. The zero-order valence-corrected chi connectivity index (χ0v) is 15.0. The van der Waals surface area contributed by atoms with E-state index in [9.17, 15) is 0 Å². The summed E-state index contributed by atoms with van der Waals surface area (Å²) >= 11 is 12.3. The molecule has 128 valence electrons. The molecule has 1 aromatic heterocycles. The second-order valence-electron chi connectivity index (χ2n) is 5.54. The highest BCUT2D eigenvalue weighted by Gasteiger charge is 2.11. The summed E-state index contributed by atoms with van der Waals surface area (Å²) in [5.41, 5.74) is 1.43. The lowest BCUT2D eigenvalue weighted by molar-refractivity contribution is 0.485. The van der Waals surface area contributed by atoms with Crippen LogP contribution in [-0.2, 0) is 0 Å². The van der Waals surface area contributed by atoms with Crippen LogP contribution >= 0.6 is 23.2 Å². The molecule has 0 bridgehead atoms. The highest BCUT2D eigenvalue weighted by Crippen LogP contribution is 2.35. The van der Waals surface area contributed by atoms with Gasteiger partial charge in [0.05, 0.1) is 11.2 Å². The maximum absolute atomic E-state index is 6.18. The van der Waals surface area contributed by atoms with Crippen molar-refractivity contribution < 1.29 is 4.74 Å². The summed E-state index contributed by atoms with van der Waals surface area (Å²) in [6.07, 6.45) is 0. The third kappa shape index (κ3) is 3.57. The third-order valence-electron chi connectivity index (χ3n) is 3.74. The Hall–Kier alpha value is -2.82. The summed E-state index contributed by atoms with van der Waals surface area (Å²) < 4.78 is 5.98. The van der Waals surface area contributed by atoms with Crippen LogP contribution < -0.4 is 10.1 Å². The Labute approximate surface area is 160 Å². The molecule has 0 saturated heterocycles. The van der Waals surface area contributed by atoms with Crippen LogP contribution in [0.15, 0.2) is 72.8 Å². The molecule has 0 spiro atoms. The first-order chi connectivity index (χ1) is 12.7. The summed E-state index contributed by atoms with van der Waals surface area (Å²) in [7, 11) is 0. The van der Waals surface area contributed by atoms with Crippen LogP contribution in [0.3, 0.4) is 0 Å². The fourth-order valence-electron chi connectivity index (χ4n) is 2.58. The SMILES string of the molecule is Clc1ccc(Oc2ccccc2)c(Nc2nc(Cl)nc3ccccc23)c1. The predicted molar refractivity (Wildman–Crippen MR) is 106 cm³/mol. The Morgan fingerprint density at radius 3 is 2.42 bits per heavy atom. The van der Waals surface area contributed by atoms with E-state index in [2.05, 4.69) is 15.3 Å². The van der Waals surface area contributed by atoms with Crippen molar-refractivity contribution in [1.82, 2.24) is 9.97 Å². The van der Waals surface area contributed by atoms with E-state index >= 15 is 0 Å². The molecule has 4 nitrogen and oxygen atoms in total. The normalized spacial score (nSPS) is 10.7. The Bertz CT molecular complexity index is 1070. The van der Waals surface area contributed by atoms with Gasteiger partial charge in [0.1, 0.15) is 11.6 Å². The number of rotatable bonds is 4. The fourth-order valence-corrected chi connectivity index (χ4v) is 2.92. The van der Waals surface area contributed by atoms with E-state index in [-0.39, 0.29) is 5.28 Å². The molecule has 0 aliphatic rings. The molecule has 1 heterocycles. The lowest BCUT2D eigenvalue weighted by atomic mass is 10.2. The maximum Gasteiger partial charge on any atom is 0.224 e. The zero-order chi connectivity index (χ0) is 17.9. The van der Waals surface area contributed by atoms with Gasteiger partial charge in [-0.15, -0.1) is 0 Å². The number of ether oxygens (including phenoxy) is 1. The lowest BCUT2D eigenvalue weighted by Crippen LogP contribution is -1.99. The predicted octanol–water partition coefficient (Wildman–Crippen LogP) is 6.47. The van der Waals surface area contributed by atoms with Gasteiger partial charge in [0.25, 0.3) is 0 Å². The number of hydrogen-bond donors (Lipinski definition) is 1. The standard InChI is InChI=1S/C20H13Cl2N3O/c21-13-10-11-18(26-14-6-2-1-3-7-14)17(12-13)23-19-15-8-4-5-9-16(15)24-20(22)25-19/h1-12H,(H,23,24,25). The van der Waals surface area contributed by atoms with Gasteiger partial charge in [-0.25, -0.2) is 4.98 Å². The first-order valence-corrected chi connectivity index (χ1v) is 8.66. The van der Waals surface area contributed by atoms with Gasteiger partial charge in [0, 0.05) is 10.4 Å². The van der Waals surface area contributed by atoms with Crippen LogP contribution in [0.5, 0.6) is 11.5 Å². The number of hydrogen-bond acceptors (Lipinski definition) is 4. The van der Waals surface area contributed by atoms with Gasteiger partial charge >= 0.3 is 0 Å². The number of halogens is 2. The summed E-state index contributed by atoms with van der Waals surface area (Å²) in [5.74, 6) is 1.93. The van der Waals surface area contributed by atoms with E-state index in [4.69, 9.17) is 27.9 Å². The lowest BCUT2D eigenvalue weighted by Gasteiger charge is -2.14. The van der Waals surface area contributed by atoms with Crippen molar-refractivity contribution in [1.29, 1.82) is 0 Å². The Morgan fingerprint density at radius 1 is 0.808 bits per heavy atom. The van der Waals surface area contributed by atoms with Crippen LogP contribution in [0.1, 0.15) is 0 Å². The molecule has 0 fully saturated rings. The molecule has 4 rings (SSSR count). The fraction of sp³-hybridized carbons (Fsp3) is 0. The molecule has 0 saturated carbocycles. The molecule has 0 aliphatic heterocycles. The van der Waals surface area contributed by atoms with E-state index in [1.165, 1.54) is 0 Å². The summed E-state index contributed by atoms with van der Waals surface area (Å²) in [6.45, 7) is 0. The summed E-state index contributed by atoms with van der Waals surface area (Å²) in [5, 5.41) is 4.87. The molecule has 0 amide bonds. The first-order valence-electron chi connectivity index (χ1n) is 7.91. The molecule has 3 aromatic carbocycles. The summed E-state index contributed by atoms with van der Waals surface area (Å²) in [4.78, 5) is 8.56. The zero-order valence-electron chi connectivity index (χ0n) is 13.5. The number of benzene rings is 3. The molecule has 26 heavy (non-hydrogen) atoms. The van der Waals surface area contributed by atoms with E-state index in [1.54, 1.807) is 12.1 Å². The third-order valence-corrected chi connectivity index (χ3v) is 4.15. The minimum absolute atomic E-state index is 0.166. The first kappa shape index (κ1) is 16.6. The van der Waals surface area contributed by atoms with Crippen LogP contribution in [0.2, 0.25) is 10.3 Å². The van der Waals surface area contributed by atoms with E-state index in [0.717, 1.165) is 16.7 Å². The number of nitrogens with zero attached hydrogens (tertiary/aromatic N) is 2. The number of anilines is 2. The largest absolute Gasteiger partial charge is 0.455 e. The van der Waals surface area contributed by atoms with Gasteiger partial charge in [-0.3, -0.25) is 0 Å². The second-order valence-corrected chi connectivity index (χ2v) is 6.31. The van der Waals surface area contributed by atoms with Crippen molar-refractivity contribution in [2.45, 2.75) is 0 Å². The van der Waals surface area contributed by atoms with E-state index < -0.39 is 0 Å². The van der Waals surface area contributed by atoms with E-state index in [0.29, 0.717) is 22.3 Å². The van der Waals surface area contributed by atoms with Crippen molar-refractivity contribution in [2.24, 2.45) is 0 Å². The second kappa shape index (κ2) is 7.20. The van der Waals surface area contributed by atoms with Gasteiger partial charge in [0.15, 0.2) is 5.75 Å². The van der Waals surface area contributed by atoms with Crippen LogP contribution in [0.25, 0.3) is 10.9 Å². The molecule has 0 atom stereocenters. The highest BCUT2D eigenvalue weighted by molar-refractivity contribution is 6.31. The molecule has 0 aliphatic carbocycles. The van der Waals surface area contributed by atoms with Crippen molar-refractivity contribution in [2.75, 3.05) is 5.32 Å². The monoisotopic (exact) mass is 381 g/mol. The quantitative estimate of drug-likeness (QED) is 0.411. The van der Waals surface area contributed by atoms with Crippen LogP contribution in [-0.4, -0.2) is 9.97 Å². The van der Waals surface area contributed by atoms with Gasteiger partial charge in [-0.1, -0.05) is 41.9 Å². The maximum atomic E-state index is 6.18. The molecule has 1 N–H and O–H groups in total. The van der Waals surface area contributed by atoms with Gasteiger partial charge in [-0.2, -0.15) is 4.98 Å². The Balaban J connectivity index is 1.76. The number of para-hydroxylation sites is 2. The van der Waals surface area contributed by atoms with Crippen molar-refractivity contribution in [3.8, 4) is 11.5 Å². The molecule has 0 unspecified atom stereocenters. The average Bonchev–Trinajstić information content (AvgIpc) is 2.65. The molecule has 6 heteroatoms. The smallest absolute Gasteiger partial charge is 0.224 e. The average molecular weight is 382 g/mol. The van der Waals surface area contributed by atoms with Gasteiger partial charge in [0.2, 0.25) is 5.28 Å². The van der Waals surface area contributed by atoms with Crippen molar-refractivity contribution in [3.05, 3.63) is 83.1 Å². The topological polar surface area (TPSA) is 47.0 Å². The van der Waals surface area contributed by atoms with Gasteiger partial charge < -0.3 is 10.1 Å². The molecule has 4 aromatic rings. The van der Waals surface area contributed by atoms with Crippen molar-refractivity contribution in [3.63, 3.8) is 0 Å². The molecular weight excluding hydrogens is 369 g/mol. The number of nitrogens with one attached hydrogen (secondary N) is 1. The van der Waals surface area contributed by atoms with E-state index in [1.807, 2.05) is 60.7 Å². The molecular formula is C20H13Cl2N3O. The van der Waals surface area contributed by atoms with Gasteiger partial charge in [-0.05, 0) is 54.1 Å². The number of fused-ring (bicyclic) bond motifs is 1. The minimum Gasteiger partial charge on any atom is -0.455 e. The van der Waals surface area contributed by atoms with Crippen molar-refractivity contribution >= 4 is 45.6 Å². The van der Waals surface area contributed by atoms with Crippen LogP contribution in [0.4, 0.5) is 11.5 Å². The van der Waals surface area contributed by atoms with Crippen LogP contribution in [0, 0.1) is 0 Å². The Kier molecular flexibility index (Phi) is 4.61. The summed E-state index contributed by atoms with van der Waals surface area (Å²) in [6, 6.07) is 22.5. The Morgan fingerprint density at radius 2 is 1.58 bits per heavy atom.